The van der Waals surface area contributed by atoms with Gasteiger partial charge in [-0.25, -0.2) is 9.67 Å². The normalized spacial score (nSPS) is 23.8. The van der Waals surface area contributed by atoms with Crippen molar-refractivity contribution < 1.29 is 4.79 Å². The molecule has 0 atom stereocenters. The standard InChI is InChI=1S/C17H20N4O2S/c22-16-8-7-14(11-1-2-11)20-21(16)13-5-3-12(4-6-13)19-17(23)15-9-24-10-18-15/h7-13H,1-6H2,(H,19,23). The van der Waals surface area contributed by atoms with E-state index in [0.717, 1.165) is 31.4 Å². The van der Waals surface area contributed by atoms with Gasteiger partial charge in [0.15, 0.2) is 0 Å². The molecule has 126 valence electrons. The van der Waals surface area contributed by atoms with Crippen LogP contribution >= 0.6 is 11.3 Å². The van der Waals surface area contributed by atoms with E-state index >= 15 is 0 Å². The Labute approximate surface area is 143 Å². The van der Waals surface area contributed by atoms with E-state index < -0.39 is 0 Å². The highest BCUT2D eigenvalue weighted by Gasteiger charge is 2.28. The summed E-state index contributed by atoms with van der Waals surface area (Å²) in [4.78, 5) is 28.3. The molecule has 2 heterocycles. The minimum absolute atomic E-state index is 0.0191. The predicted molar refractivity (Wildman–Crippen MR) is 91.3 cm³/mol. The lowest BCUT2D eigenvalue weighted by atomic mass is 9.91. The number of rotatable bonds is 4. The largest absolute Gasteiger partial charge is 0.348 e. The van der Waals surface area contributed by atoms with Crippen LogP contribution in [0.2, 0.25) is 0 Å². The second-order valence-electron chi connectivity index (χ2n) is 6.67. The van der Waals surface area contributed by atoms with Gasteiger partial charge >= 0.3 is 0 Å². The summed E-state index contributed by atoms with van der Waals surface area (Å²) in [5.41, 5.74) is 3.18. The molecule has 4 rings (SSSR count). The minimum atomic E-state index is -0.106. The molecule has 0 unspecified atom stereocenters. The summed E-state index contributed by atoms with van der Waals surface area (Å²) in [6, 6.07) is 3.81. The molecule has 2 aromatic rings. The van der Waals surface area contributed by atoms with Gasteiger partial charge in [-0.05, 0) is 44.6 Å². The van der Waals surface area contributed by atoms with Crippen molar-refractivity contribution in [1.82, 2.24) is 20.1 Å². The molecular weight excluding hydrogens is 324 g/mol. The van der Waals surface area contributed by atoms with Gasteiger partial charge in [0.2, 0.25) is 0 Å². The summed E-state index contributed by atoms with van der Waals surface area (Å²) in [5, 5.41) is 9.40. The number of aromatic nitrogens is 3. The van der Waals surface area contributed by atoms with E-state index in [4.69, 9.17) is 0 Å². The molecule has 2 aliphatic carbocycles. The maximum atomic E-state index is 12.2. The Morgan fingerprint density at radius 2 is 1.96 bits per heavy atom. The van der Waals surface area contributed by atoms with Gasteiger partial charge in [0.1, 0.15) is 5.69 Å². The average molecular weight is 344 g/mol. The summed E-state index contributed by atoms with van der Waals surface area (Å²) >= 11 is 1.42. The van der Waals surface area contributed by atoms with Crippen molar-refractivity contribution in [2.45, 2.75) is 56.5 Å². The monoisotopic (exact) mass is 344 g/mol. The zero-order chi connectivity index (χ0) is 16.5. The van der Waals surface area contributed by atoms with Crippen LogP contribution in [0.5, 0.6) is 0 Å². The molecule has 24 heavy (non-hydrogen) atoms. The first kappa shape index (κ1) is 15.5. The van der Waals surface area contributed by atoms with Gasteiger partial charge in [-0.15, -0.1) is 11.3 Å². The van der Waals surface area contributed by atoms with Crippen LogP contribution in [0.1, 0.15) is 66.7 Å². The van der Waals surface area contributed by atoms with E-state index in [-0.39, 0.29) is 23.6 Å². The molecule has 6 nitrogen and oxygen atoms in total. The molecule has 0 saturated heterocycles. The number of hydrogen-bond donors (Lipinski definition) is 1. The van der Waals surface area contributed by atoms with Crippen molar-refractivity contribution >= 4 is 17.2 Å². The highest BCUT2D eigenvalue weighted by molar-refractivity contribution is 7.07. The SMILES string of the molecule is O=C(NC1CCC(n2nc(C3CC3)ccc2=O)CC1)c1cscn1. The maximum absolute atomic E-state index is 12.2. The van der Waals surface area contributed by atoms with E-state index in [1.165, 1.54) is 24.2 Å². The minimum Gasteiger partial charge on any atom is -0.348 e. The van der Waals surface area contributed by atoms with Crippen molar-refractivity contribution in [3.05, 3.63) is 44.8 Å². The molecule has 1 amide bonds. The Morgan fingerprint density at radius 1 is 1.17 bits per heavy atom. The fraction of sp³-hybridized carbons (Fsp3) is 0.529. The van der Waals surface area contributed by atoms with Crippen LogP contribution in [-0.2, 0) is 0 Å². The van der Waals surface area contributed by atoms with E-state index in [9.17, 15) is 9.59 Å². The Kier molecular flexibility index (Phi) is 4.18. The molecule has 2 saturated carbocycles. The van der Waals surface area contributed by atoms with Crippen molar-refractivity contribution in [1.29, 1.82) is 0 Å². The Bertz CT molecular complexity index is 774. The first-order chi connectivity index (χ1) is 11.7. The van der Waals surface area contributed by atoms with Gasteiger partial charge in [0, 0.05) is 23.4 Å². The Morgan fingerprint density at radius 3 is 2.62 bits per heavy atom. The number of amides is 1. The molecule has 2 aliphatic rings. The fourth-order valence-electron chi connectivity index (χ4n) is 3.35. The molecular formula is C17H20N4O2S. The van der Waals surface area contributed by atoms with Crippen molar-refractivity contribution in [3.63, 3.8) is 0 Å². The Balaban J connectivity index is 1.38. The highest BCUT2D eigenvalue weighted by atomic mass is 32.1. The van der Waals surface area contributed by atoms with Crippen LogP contribution in [0.25, 0.3) is 0 Å². The molecule has 2 fully saturated rings. The number of thiazole rings is 1. The number of nitrogens with one attached hydrogen (secondary N) is 1. The van der Waals surface area contributed by atoms with Crippen LogP contribution in [0.4, 0.5) is 0 Å². The second-order valence-corrected chi connectivity index (χ2v) is 7.39. The van der Waals surface area contributed by atoms with E-state index in [2.05, 4.69) is 15.4 Å². The van der Waals surface area contributed by atoms with Crippen LogP contribution in [0.3, 0.4) is 0 Å². The summed E-state index contributed by atoms with van der Waals surface area (Å²) in [7, 11) is 0. The number of carbonyl (C=O) groups excluding carboxylic acids is 1. The van der Waals surface area contributed by atoms with Crippen LogP contribution in [0.15, 0.2) is 27.8 Å². The van der Waals surface area contributed by atoms with E-state index in [0.29, 0.717) is 11.6 Å². The fourth-order valence-corrected chi connectivity index (χ4v) is 3.88. The molecule has 1 N–H and O–H groups in total. The number of hydrogen-bond acceptors (Lipinski definition) is 5. The van der Waals surface area contributed by atoms with E-state index in [1.54, 1.807) is 21.6 Å². The molecule has 0 radical (unpaired) electrons. The second kappa shape index (κ2) is 6.47. The van der Waals surface area contributed by atoms with Gasteiger partial charge in [0.05, 0.1) is 17.2 Å². The topological polar surface area (TPSA) is 76.9 Å². The lowest BCUT2D eigenvalue weighted by molar-refractivity contribution is 0.0917. The number of carbonyl (C=O) groups is 1. The molecule has 0 bridgehead atoms. The zero-order valence-electron chi connectivity index (χ0n) is 13.4. The van der Waals surface area contributed by atoms with Gasteiger partial charge in [-0.3, -0.25) is 9.59 Å². The summed E-state index contributed by atoms with van der Waals surface area (Å²) in [5.74, 6) is 0.441. The average Bonchev–Trinajstić information content (AvgIpc) is 3.30. The van der Waals surface area contributed by atoms with Crippen molar-refractivity contribution in [2.24, 2.45) is 0 Å². The van der Waals surface area contributed by atoms with E-state index in [1.807, 2.05) is 6.07 Å². The van der Waals surface area contributed by atoms with Crippen molar-refractivity contribution in [3.8, 4) is 0 Å². The van der Waals surface area contributed by atoms with Gasteiger partial charge in [-0.2, -0.15) is 5.10 Å². The summed E-state index contributed by atoms with van der Waals surface area (Å²) in [6.07, 6.45) is 5.82. The third kappa shape index (κ3) is 3.26. The summed E-state index contributed by atoms with van der Waals surface area (Å²) in [6.45, 7) is 0. The third-order valence-corrected chi connectivity index (χ3v) is 5.47. The van der Waals surface area contributed by atoms with Gasteiger partial charge in [-0.1, -0.05) is 0 Å². The van der Waals surface area contributed by atoms with Crippen LogP contribution in [-0.4, -0.2) is 26.7 Å². The lowest BCUT2D eigenvalue weighted by Gasteiger charge is -2.29. The molecule has 2 aromatic heterocycles. The predicted octanol–water partition coefficient (Wildman–Crippen LogP) is 2.49. The molecule has 0 aliphatic heterocycles. The molecule has 0 aromatic carbocycles. The molecule has 0 spiro atoms. The van der Waals surface area contributed by atoms with Gasteiger partial charge in [0.25, 0.3) is 11.5 Å². The number of nitrogens with zero attached hydrogens (tertiary/aromatic N) is 3. The Hall–Kier alpha value is -2.02. The van der Waals surface area contributed by atoms with Crippen LogP contribution in [0, 0.1) is 0 Å². The van der Waals surface area contributed by atoms with Crippen LogP contribution < -0.4 is 10.9 Å². The smallest absolute Gasteiger partial charge is 0.270 e. The first-order valence-corrected chi connectivity index (χ1v) is 9.44. The highest BCUT2D eigenvalue weighted by Crippen LogP contribution is 2.38. The molecule has 7 heteroatoms. The lowest BCUT2D eigenvalue weighted by Crippen LogP contribution is -2.39. The summed E-state index contributed by atoms with van der Waals surface area (Å²) < 4.78 is 1.67. The third-order valence-electron chi connectivity index (χ3n) is 4.88. The maximum Gasteiger partial charge on any atom is 0.270 e. The first-order valence-electron chi connectivity index (χ1n) is 8.49. The van der Waals surface area contributed by atoms with Gasteiger partial charge < -0.3 is 5.32 Å². The zero-order valence-corrected chi connectivity index (χ0v) is 14.2. The van der Waals surface area contributed by atoms with Crippen molar-refractivity contribution in [2.75, 3.05) is 0 Å². The quantitative estimate of drug-likeness (QED) is 0.924.